The fourth-order valence-electron chi connectivity index (χ4n) is 2.52. The van der Waals surface area contributed by atoms with Crippen molar-refractivity contribution >= 4 is 28.5 Å². The maximum atomic E-state index is 11.8. The summed E-state index contributed by atoms with van der Waals surface area (Å²) in [5, 5.41) is 3.01. The quantitative estimate of drug-likeness (QED) is 0.583. The summed E-state index contributed by atoms with van der Waals surface area (Å²) >= 11 is 2.30. The van der Waals surface area contributed by atoms with Crippen molar-refractivity contribution in [3.05, 3.63) is 0 Å². The fraction of sp³-hybridized carbons (Fsp3) is 0.923. The molecule has 0 bridgehead atoms. The molecule has 0 atom stereocenters. The molecule has 1 saturated carbocycles. The van der Waals surface area contributed by atoms with Crippen LogP contribution in [-0.4, -0.2) is 16.9 Å². The van der Waals surface area contributed by atoms with Crippen LogP contribution in [0.25, 0.3) is 0 Å². The topological polar surface area (TPSA) is 29.1 Å². The van der Waals surface area contributed by atoms with E-state index in [0.29, 0.717) is 11.8 Å². The summed E-state index contributed by atoms with van der Waals surface area (Å²) in [6.07, 6.45) is 8.79. The third kappa shape index (κ3) is 5.02. The Morgan fingerprint density at radius 2 is 2.00 bits per heavy atom. The van der Waals surface area contributed by atoms with Gasteiger partial charge < -0.3 is 5.32 Å². The summed E-state index contributed by atoms with van der Waals surface area (Å²) < 4.78 is 1.01. The van der Waals surface area contributed by atoms with Gasteiger partial charge in [-0.3, -0.25) is 4.79 Å². The van der Waals surface area contributed by atoms with E-state index in [4.69, 9.17) is 0 Å². The molecule has 2 nitrogen and oxygen atoms in total. The molecule has 0 aromatic rings. The number of carbonyl (C=O) groups is 1. The molecule has 0 aromatic heterocycles. The zero-order valence-corrected chi connectivity index (χ0v) is 12.5. The van der Waals surface area contributed by atoms with E-state index in [1.54, 1.807) is 0 Å². The summed E-state index contributed by atoms with van der Waals surface area (Å²) in [6.45, 7) is 3.08. The number of halogens is 1. The number of carbonyl (C=O) groups excluding carboxylic acids is 1. The summed E-state index contributed by atoms with van der Waals surface area (Å²) in [7, 11) is 0. The Morgan fingerprint density at radius 3 is 2.56 bits per heavy atom. The third-order valence-corrected chi connectivity index (χ3v) is 4.12. The van der Waals surface area contributed by atoms with Crippen LogP contribution in [0.1, 0.15) is 51.9 Å². The molecule has 3 heteroatoms. The average molecular weight is 337 g/mol. The molecule has 0 spiro atoms. The predicted molar refractivity (Wildman–Crippen MR) is 76.9 cm³/mol. The Labute approximate surface area is 113 Å². The van der Waals surface area contributed by atoms with Gasteiger partial charge in [-0.2, -0.15) is 0 Å². The van der Waals surface area contributed by atoms with Gasteiger partial charge in [-0.05, 0) is 31.6 Å². The number of hydrogen-bond donors (Lipinski definition) is 1. The van der Waals surface area contributed by atoms with Gasteiger partial charge in [0.15, 0.2) is 0 Å². The van der Waals surface area contributed by atoms with Crippen molar-refractivity contribution in [3.63, 3.8) is 0 Å². The van der Waals surface area contributed by atoms with E-state index < -0.39 is 0 Å². The van der Waals surface area contributed by atoms with Crippen molar-refractivity contribution in [2.75, 3.05) is 11.0 Å². The molecule has 1 rings (SSSR count). The van der Waals surface area contributed by atoms with Gasteiger partial charge in [0.2, 0.25) is 5.91 Å². The van der Waals surface area contributed by atoms with Crippen LogP contribution < -0.4 is 5.32 Å². The van der Waals surface area contributed by atoms with Crippen molar-refractivity contribution in [2.24, 2.45) is 11.8 Å². The average Bonchev–Trinajstić information content (AvgIpc) is 2.34. The normalized spacial score (nSPS) is 25.4. The van der Waals surface area contributed by atoms with Crippen molar-refractivity contribution in [1.82, 2.24) is 5.32 Å². The van der Waals surface area contributed by atoms with Crippen molar-refractivity contribution < 1.29 is 4.79 Å². The molecule has 94 valence electrons. The van der Waals surface area contributed by atoms with Gasteiger partial charge in [-0.15, -0.1) is 0 Å². The van der Waals surface area contributed by atoms with Gasteiger partial charge in [0, 0.05) is 16.9 Å². The summed E-state index contributed by atoms with van der Waals surface area (Å²) in [5.41, 5.74) is 0. The van der Waals surface area contributed by atoms with Crippen molar-refractivity contribution in [3.8, 4) is 0 Å². The second-order valence-corrected chi connectivity index (χ2v) is 5.92. The van der Waals surface area contributed by atoms with Crippen molar-refractivity contribution in [1.29, 1.82) is 0 Å². The molecule has 0 heterocycles. The number of amides is 1. The SMILES string of the molecule is CCCCC1CCC(C(=O)NCCI)CC1. The summed E-state index contributed by atoms with van der Waals surface area (Å²) in [5.74, 6) is 1.50. The zero-order valence-electron chi connectivity index (χ0n) is 10.3. The van der Waals surface area contributed by atoms with Gasteiger partial charge in [-0.25, -0.2) is 0 Å². The molecule has 1 aliphatic rings. The monoisotopic (exact) mass is 337 g/mol. The Kier molecular flexibility index (Phi) is 7.41. The largest absolute Gasteiger partial charge is 0.355 e. The maximum absolute atomic E-state index is 11.8. The highest BCUT2D eigenvalue weighted by Crippen LogP contribution is 2.31. The highest BCUT2D eigenvalue weighted by atomic mass is 127. The molecule has 1 amide bonds. The minimum absolute atomic E-state index is 0.297. The first-order chi connectivity index (χ1) is 7.77. The standard InChI is InChI=1S/C13H24INO/c1-2-3-4-11-5-7-12(8-6-11)13(16)15-10-9-14/h11-12H,2-10H2,1H3,(H,15,16). The first-order valence-electron chi connectivity index (χ1n) is 6.61. The lowest BCUT2D eigenvalue weighted by atomic mass is 9.79. The molecule has 0 unspecified atom stereocenters. The van der Waals surface area contributed by atoms with Crippen LogP contribution in [0.2, 0.25) is 0 Å². The van der Waals surface area contributed by atoms with Crippen LogP contribution in [0.5, 0.6) is 0 Å². The number of hydrogen-bond acceptors (Lipinski definition) is 1. The first kappa shape index (κ1) is 14.3. The minimum atomic E-state index is 0.297. The van der Waals surface area contributed by atoms with Gasteiger partial charge in [-0.1, -0.05) is 48.8 Å². The number of nitrogens with one attached hydrogen (secondary N) is 1. The Hall–Kier alpha value is 0.200. The van der Waals surface area contributed by atoms with Gasteiger partial charge in [0.25, 0.3) is 0 Å². The predicted octanol–water partition coefficient (Wildman–Crippen LogP) is 3.53. The van der Waals surface area contributed by atoms with Crippen LogP contribution in [0.3, 0.4) is 0 Å². The molecule has 16 heavy (non-hydrogen) atoms. The molecule has 0 radical (unpaired) electrons. The van der Waals surface area contributed by atoms with E-state index in [2.05, 4.69) is 34.8 Å². The van der Waals surface area contributed by atoms with E-state index in [9.17, 15) is 4.79 Å². The molecule has 1 N–H and O–H groups in total. The highest BCUT2D eigenvalue weighted by Gasteiger charge is 2.25. The Bertz CT molecular complexity index is 200. The third-order valence-electron chi connectivity index (χ3n) is 3.58. The second kappa shape index (κ2) is 8.31. The lowest BCUT2D eigenvalue weighted by molar-refractivity contribution is -0.126. The van der Waals surface area contributed by atoms with E-state index >= 15 is 0 Å². The molecule has 1 aliphatic carbocycles. The van der Waals surface area contributed by atoms with Gasteiger partial charge in [0.05, 0.1) is 0 Å². The molecule has 0 aliphatic heterocycles. The second-order valence-electron chi connectivity index (χ2n) is 4.84. The molecule has 0 saturated heterocycles. The summed E-state index contributed by atoms with van der Waals surface area (Å²) in [4.78, 5) is 11.8. The molecule has 0 aromatic carbocycles. The van der Waals surface area contributed by atoms with Crippen LogP contribution in [0.15, 0.2) is 0 Å². The number of alkyl halides is 1. The zero-order chi connectivity index (χ0) is 11.8. The lowest BCUT2D eigenvalue weighted by Gasteiger charge is -2.27. The van der Waals surface area contributed by atoms with E-state index in [0.717, 1.165) is 29.7 Å². The lowest BCUT2D eigenvalue weighted by Crippen LogP contribution is -2.34. The van der Waals surface area contributed by atoms with Crippen LogP contribution in [-0.2, 0) is 4.79 Å². The first-order valence-corrected chi connectivity index (χ1v) is 8.14. The highest BCUT2D eigenvalue weighted by molar-refractivity contribution is 14.1. The minimum Gasteiger partial charge on any atom is -0.355 e. The Balaban J connectivity index is 2.18. The van der Waals surface area contributed by atoms with Crippen molar-refractivity contribution in [2.45, 2.75) is 51.9 Å². The fourth-order valence-corrected chi connectivity index (χ4v) is 2.79. The number of unbranched alkanes of at least 4 members (excludes halogenated alkanes) is 1. The van der Waals surface area contributed by atoms with Crippen LogP contribution >= 0.6 is 22.6 Å². The van der Waals surface area contributed by atoms with E-state index in [1.165, 1.54) is 32.1 Å². The molecule has 1 fully saturated rings. The van der Waals surface area contributed by atoms with Gasteiger partial charge >= 0.3 is 0 Å². The van der Waals surface area contributed by atoms with Crippen LogP contribution in [0.4, 0.5) is 0 Å². The molecular weight excluding hydrogens is 313 g/mol. The van der Waals surface area contributed by atoms with Gasteiger partial charge in [0.1, 0.15) is 0 Å². The smallest absolute Gasteiger partial charge is 0.223 e. The van der Waals surface area contributed by atoms with Crippen LogP contribution in [0, 0.1) is 11.8 Å². The van der Waals surface area contributed by atoms with E-state index in [1.807, 2.05) is 0 Å². The summed E-state index contributed by atoms with van der Waals surface area (Å²) in [6, 6.07) is 0. The van der Waals surface area contributed by atoms with E-state index in [-0.39, 0.29) is 0 Å². The molecular formula is C13H24INO. The Morgan fingerprint density at radius 1 is 1.31 bits per heavy atom. The maximum Gasteiger partial charge on any atom is 0.223 e. The number of rotatable bonds is 6.